The van der Waals surface area contributed by atoms with E-state index in [1.807, 2.05) is 6.08 Å². The molecule has 2 fully saturated rings. The third-order valence-corrected chi connectivity index (χ3v) is 8.64. The second-order valence-electron chi connectivity index (χ2n) is 11.5. The minimum atomic E-state index is -0.725. The van der Waals surface area contributed by atoms with Crippen LogP contribution in [0, 0.1) is 47.3 Å². The van der Waals surface area contributed by atoms with Crippen LogP contribution in [-0.2, 0) is 0 Å². The minimum Gasteiger partial charge on any atom is -0.385 e. The molecule has 2 saturated carbocycles. The Morgan fingerprint density at radius 3 is 2.07 bits per heavy atom. The summed E-state index contributed by atoms with van der Waals surface area (Å²) in [5, 5.41) is 11.6. The largest absolute Gasteiger partial charge is 0.385 e. The molecule has 7 unspecified atom stereocenters. The average molecular weight is 403 g/mol. The maximum absolute atomic E-state index is 11.6. The summed E-state index contributed by atoms with van der Waals surface area (Å²) in [5.74, 6) is 5.48. The molecule has 29 heavy (non-hydrogen) atoms. The Hall–Kier alpha value is -0.560. The van der Waals surface area contributed by atoms with Gasteiger partial charge in [0.05, 0.1) is 5.60 Å². The third-order valence-electron chi connectivity index (χ3n) is 8.64. The summed E-state index contributed by atoms with van der Waals surface area (Å²) in [6, 6.07) is 0. The highest BCUT2D eigenvalue weighted by Gasteiger charge is 2.42. The topological polar surface area (TPSA) is 20.2 Å². The van der Waals surface area contributed by atoms with Gasteiger partial charge < -0.3 is 5.11 Å². The molecule has 2 rings (SSSR count). The van der Waals surface area contributed by atoms with E-state index < -0.39 is 5.60 Å². The van der Waals surface area contributed by atoms with Crippen molar-refractivity contribution >= 4 is 0 Å². The fourth-order valence-corrected chi connectivity index (χ4v) is 6.62. The lowest BCUT2D eigenvalue weighted by atomic mass is 9.62. The van der Waals surface area contributed by atoms with Gasteiger partial charge in [0.25, 0.3) is 0 Å². The normalized spacial score (nSPS) is 36.3. The summed E-state index contributed by atoms with van der Waals surface area (Å²) in [5.41, 5.74) is 0.844. The Morgan fingerprint density at radius 2 is 1.52 bits per heavy atom. The first-order valence-electron chi connectivity index (χ1n) is 12.6. The first-order valence-corrected chi connectivity index (χ1v) is 12.6. The minimum absolute atomic E-state index is 0.357. The van der Waals surface area contributed by atoms with Crippen molar-refractivity contribution in [3.05, 3.63) is 24.3 Å². The standard InChI is InChI=1S/C28H50O/c1-9-28(29,27-18-22(7)13-15-25(27)20(4)5)16-10-11-23(8)26-17-21(6)12-14-24(26)19(2)3/h9,11,19-22,24-27,29H,1,10,12-18H2,2-8H3. The van der Waals surface area contributed by atoms with E-state index in [0.717, 1.165) is 42.9 Å². The Balaban J connectivity index is 2.09. The van der Waals surface area contributed by atoms with Gasteiger partial charge in [0.2, 0.25) is 0 Å². The predicted molar refractivity (Wildman–Crippen MR) is 128 cm³/mol. The van der Waals surface area contributed by atoms with E-state index in [2.05, 4.69) is 61.1 Å². The molecule has 1 nitrogen and oxygen atoms in total. The van der Waals surface area contributed by atoms with E-state index in [1.165, 1.54) is 32.1 Å². The van der Waals surface area contributed by atoms with E-state index in [1.54, 1.807) is 5.57 Å². The van der Waals surface area contributed by atoms with E-state index >= 15 is 0 Å². The molecule has 7 atom stereocenters. The van der Waals surface area contributed by atoms with Crippen molar-refractivity contribution in [2.45, 2.75) is 105 Å². The maximum Gasteiger partial charge on any atom is 0.0858 e. The molecule has 2 aliphatic carbocycles. The molecule has 1 heteroatoms. The van der Waals surface area contributed by atoms with Crippen LogP contribution < -0.4 is 0 Å². The van der Waals surface area contributed by atoms with Crippen LogP contribution in [-0.4, -0.2) is 10.7 Å². The van der Waals surface area contributed by atoms with Gasteiger partial charge in [0.1, 0.15) is 0 Å². The summed E-state index contributed by atoms with van der Waals surface area (Å²) in [6.45, 7) is 20.7. The van der Waals surface area contributed by atoms with Crippen LogP contribution >= 0.6 is 0 Å². The van der Waals surface area contributed by atoms with Gasteiger partial charge in [0.15, 0.2) is 0 Å². The fourth-order valence-electron chi connectivity index (χ4n) is 6.62. The molecule has 168 valence electrons. The van der Waals surface area contributed by atoms with Crippen LogP contribution in [0.3, 0.4) is 0 Å². The molecule has 0 aliphatic heterocycles. The number of hydrogen-bond acceptors (Lipinski definition) is 1. The van der Waals surface area contributed by atoms with Crippen molar-refractivity contribution < 1.29 is 5.11 Å². The van der Waals surface area contributed by atoms with Gasteiger partial charge in [-0.25, -0.2) is 0 Å². The van der Waals surface area contributed by atoms with Crippen LogP contribution in [0.1, 0.15) is 99.8 Å². The van der Waals surface area contributed by atoms with E-state index in [0.29, 0.717) is 23.7 Å². The number of aliphatic hydroxyl groups is 1. The molecule has 1 N–H and O–H groups in total. The van der Waals surface area contributed by atoms with E-state index in [-0.39, 0.29) is 0 Å². The van der Waals surface area contributed by atoms with E-state index in [9.17, 15) is 5.11 Å². The summed E-state index contributed by atoms with van der Waals surface area (Å²) in [6.07, 6.45) is 13.9. The average Bonchev–Trinajstić information content (AvgIpc) is 2.67. The van der Waals surface area contributed by atoms with Gasteiger partial charge in [-0.15, -0.1) is 6.58 Å². The zero-order valence-electron chi connectivity index (χ0n) is 20.6. The molecular formula is C28H50O. The zero-order valence-corrected chi connectivity index (χ0v) is 20.6. The van der Waals surface area contributed by atoms with E-state index in [4.69, 9.17) is 0 Å². The molecular weight excluding hydrogens is 352 g/mol. The molecule has 0 aromatic heterocycles. The van der Waals surface area contributed by atoms with Gasteiger partial charge in [-0.2, -0.15) is 0 Å². The van der Waals surface area contributed by atoms with Gasteiger partial charge in [-0.1, -0.05) is 72.1 Å². The SMILES string of the molecule is C=CC(O)(CCC=C(C)C1CC(C)CCC1C(C)C)C1CC(C)CCC1C(C)C. The van der Waals surface area contributed by atoms with Crippen LogP contribution in [0.5, 0.6) is 0 Å². The summed E-state index contributed by atoms with van der Waals surface area (Å²) in [4.78, 5) is 0. The van der Waals surface area contributed by atoms with Gasteiger partial charge >= 0.3 is 0 Å². The van der Waals surface area contributed by atoms with Crippen LogP contribution in [0.15, 0.2) is 24.3 Å². The number of hydrogen-bond donors (Lipinski definition) is 1. The van der Waals surface area contributed by atoms with Crippen molar-refractivity contribution in [3.8, 4) is 0 Å². The van der Waals surface area contributed by atoms with Crippen LogP contribution in [0.4, 0.5) is 0 Å². The molecule has 0 spiro atoms. The predicted octanol–water partition coefficient (Wildman–Crippen LogP) is 8.05. The smallest absolute Gasteiger partial charge is 0.0858 e. The lowest BCUT2D eigenvalue weighted by Crippen LogP contribution is -2.44. The van der Waals surface area contributed by atoms with Gasteiger partial charge in [-0.3, -0.25) is 0 Å². The molecule has 0 aromatic carbocycles. The summed E-state index contributed by atoms with van der Waals surface area (Å²) >= 11 is 0. The maximum atomic E-state index is 11.6. The third kappa shape index (κ3) is 6.22. The van der Waals surface area contributed by atoms with Crippen LogP contribution in [0.25, 0.3) is 0 Å². The Labute approximate surface area is 182 Å². The lowest BCUT2D eigenvalue weighted by Gasteiger charge is -2.45. The quantitative estimate of drug-likeness (QED) is 0.407. The highest BCUT2D eigenvalue weighted by Crippen LogP contribution is 2.46. The van der Waals surface area contributed by atoms with Crippen molar-refractivity contribution in [1.29, 1.82) is 0 Å². The van der Waals surface area contributed by atoms with Crippen molar-refractivity contribution in [2.75, 3.05) is 0 Å². The molecule has 0 amide bonds. The summed E-state index contributed by atoms with van der Waals surface area (Å²) < 4.78 is 0. The second-order valence-corrected chi connectivity index (χ2v) is 11.5. The molecule has 2 aliphatic rings. The highest BCUT2D eigenvalue weighted by molar-refractivity contribution is 5.10. The number of rotatable bonds is 8. The Morgan fingerprint density at radius 1 is 0.966 bits per heavy atom. The first kappa shape index (κ1) is 24.7. The first-order chi connectivity index (χ1) is 13.6. The molecule has 0 saturated heterocycles. The Kier molecular flexibility index (Phi) is 9.07. The van der Waals surface area contributed by atoms with Crippen LogP contribution in [0.2, 0.25) is 0 Å². The van der Waals surface area contributed by atoms with Crippen molar-refractivity contribution in [2.24, 2.45) is 47.3 Å². The molecule has 0 radical (unpaired) electrons. The van der Waals surface area contributed by atoms with Gasteiger partial charge in [0, 0.05) is 0 Å². The van der Waals surface area contributed by atoms with Gasteiger partial charge in [-0.05, 0) is 92.8 Å². The highest BCUT2D eigenvalue weighted by atomic mass is 16.3. The second kappa shape index (κ2) is 10.7. The fraction of sp³-hybridized carbons (Fsp3) is 0.857. The monoisotopic (exact) mass is 402 g/mol. The van der Waals surface area contributed by atoms with Crippen molar-refractivity contribution in [1.82, 2.24) is 0 Å². The number of allylic oxidation sites excluding steroid dienone is 2. The zero-order chi connectivity index (χ0) is 21.8. The molecule has 0 heterocycles. The lowest BCUT2D eigenvalue weighted by molar-refractivity contribution is -0.0451. The summed E-state index contributed by atoms with van der Waals surface area (Å²) in [7, 11) is 0. The molecule has 0 bridgehead atoms. The Bertz CT molecular complexity index is 545. The van der Waals surface area contributed by atoms with Crippen molar-refractivity contribution in [3.63, 3.8) is 0 Å². The molecule has 0 aromatic rings.